The van der Waals surface area contributed by atoms with Crippen LogP contribution in [0.1, 0.15) is 11.5 Å². The molecule has 0 amide bonds. The predicted octanol–water partition coefficient (Wildman–Crippen LogP) is 4.12. The summed E-state index contributed by atoms with van der Waals surface area (Å²) in [7, 11) is -3.92. The normalized spacial score (nSPS) is 11.8. The van der Waals surface area contributed by atoms with Gasteiger partial charge in [-0.1, -0.05) is 23.2 Å². The number of rotatable bonds is 7. The van der Waals surface area contributed by atoms with Gasteiger partial charge in [0, 0.05) is 0 Å². The van der Waals surface area contributed by atoms with E-state index in [9.17, 15) is 13.2 Å². The summed E-state index contributed by atoms with van der Waals surface area (Å²) >= 11 is 11.7. The second-order valence-corrected chi connectivity index (χ2v) is 9.17. The number of sulfonamides is 1. The van der Waals surface area contributed by atoms with Crippen molar-refractivity contribution in [3.63, 3.8) is 0 Å². The molecule has 0 aliphatic rings. The second-order valence-electron chi connectivity index (χ2n) is 6.45. The van der Waals surface area contributed by atoms with Crippen molar-refractivity contribution >= 4 is 33.2 Å². The zero-order valence-corrected chi connectivity index (χ0v) is 18.1. The summed E-state index contributed by atoms with van der Waals surface area (Å²) in [6.45, 7) is 0.0389. The third-order valence-electron chi connectivity index (χ3n) is 4.42. The number of hydrogen-bond donors (Lipinski definition) is 0. The smallest absolute Gasteiger partial charge is 0.291 e. The molecule has 0 fully saturated rings. The van der Waals surface area contributed by atoms with Crippen LogP contribution >= 0.6 is 23.2 Å². The van der Waals surface area contributed by atoms with Crippen LogP contribution in [-0.2, 0) is 23.1 Å². The fraction of sp³-hybridized carbons (Fsp3) is 0.100. The molecule has 4 aromatic rings. The van der Waals surface area contributed by atoms with Gasteiger partial charge in [0.2, 0.25) is 10.0 Å². The van der Waals surface area contributed by atoms with Gasteiger partial charge < -0.3 is 8.83 Å². The van der Waals surface area contributed by atoms with Crippen molar-refractivity contribution in [1.82, 2.24) is 14.1 Å². The van der Waals surface area contributed by atoms with Crippen molar-refractivity contribution < 1.29 is 17.3 Å². The molecule has 0 aliphatic heterocycles. The summed E-state index contributed by atoms with van der Waals surface area (Å²) in [5, 5.41) is 3.80. The van der Waals surface area contributed by atoms with Crippen LogP contribution < -0.4 is 5.56 Å². The molecule has 11 heteroatoms. The van der Waals surface area contributed by atoms with Gasteiger partial charge in [-0.3, -0.25) is 4.79 Å². The average molecular weight is 480 g/mol. The second kappa shape index (κ2) is 8.72. The van der Waals surface area contributed by atoms with Crippen LogP contribution in [0.2, 0.25) is 10.0 Å². The summed E-state index contributed by atoms with van der Waals surface area (Å²) in [6.07, 6.45) is 4.19. The first-order valence-corrected chi connectivity index (χ1v) is 11.1. The van der Waals surface area contributed by atoms with E-state index in [4.69, 9.17) is 32.0 Å². The van der Waals surface area contributed by atoms with Gasteiger partial charge >= 0.3 is 0 Å². The molecule has 0 N–H and O–H groups in total. The molecule has 0 radical (unpaired) electrons. The molecular weight excluding hydrogens is 465 g/mol. The highest BCUT2D eigenvalue weighted by atomic mass is 35.5. The van der Waals surface area contributed by atoms with Crippen LogP contribution in [0.3, 0.4) is 0 Å². The molecule has 8 nitrogen and oxygen atoms in total. The van der Waals surface area contributed by atoms with Crippen LogP contribution in [0.25, 0.3) is 5.69 Å². The van der Waals surface area contributed by atoms with E-state index in [1.165, 1.54) is 47.3 Å². The first-order chi connectivity index (χ1) is 14.9. The molecule has 0 bridgehead atoms. The number of benzene rings is 1. The number of hydrogen-bond acceptors (Lipinski definition) is 6. The van der Waals surface area contributed by atoms with Crippen molar-refractivity contribution in [3.05, 3.63) is 99.2 Å². The van der Waals surface area contributed by atoms with Crippen molar-refractivity contribution in [2.45, 2.75) is 18.0 Å². The van der Waals surface area contributed by atoms with Crippen molar-refractivity contribution in [2.24, 2.45) is 0 Å². The third-order valence-corrected chi connectivity index (χ3v) is 6.97. The minimum Gasteiger partial charge on any atom is -0.468 e. The van der Waals surface area contributed by atoms with Gasteiger partial charge in [-0.05, 0) is 48.5 Å². The maximum atomic E-state index is 13.3. The molecule has 31 heavy (non-hydrogen) atoms. The quantitative estimate of drug-likeness (QED) is 0.395. The van der Waals surface area contributed by atoms with Crippen LogP contribution in [-0.4, -0.2) is 22.5 Å². The predicted molar refractivity (Wildman–Crippen MR) is 114 cm³/mol. The van der Waals surface area contributed by atoms with E-state index in [0.717, 1.165) is 4.68 Å². The highest BCUT2D eigenvalue weighted by Crippen LogP contribution is 2.23. The number of furan rings is 2. The summed E-state index contributed by atoms with van der Waals surface area (Å²) in [5.41, 5.74) is -0.270. The highest BCUT2D eigenvalue weighted by molar-refractivity contribution is 7.89. The molecule has 4 rings (SSSR count). The van der Waals surface area contributed by atoms with Gasteiger partial charge in [0.1, 0.15) is 16.5 Å². The molecule has 3 aromatic heterocycles. The van der Waals surface area contributed by atoms with Crippen LogP contribution in [0, 0.1) is 0 Å². The molecule has 0 saturated heterocycles. The van der Waals surface area contributed by atoms with E-state index in [0.29, 0.717) is 17.2 Å². The van der Waals surface area contributed by atoms with Gasteiger partial charge in [-0.15, -0.1) is 0 Å². The summed E-state index contributed by atoms with van der Waals surface area (Å²) in [6, 6.07) is 12.4. The van der Waals surface area contributed by atoms with Crippen LogP contribution in [0.15, 0.2) is 85.8 Å². The zero-order chi connectivity index (χ0) is 22.0. The van der Waals surface area contributed by atoms with E-state index in [-0.39, 0.29) is 28.0 Å². The Morgan fingerprint density at radius 2 is 1.52 bits per heavy atom. The number of nitrogens with zero attached hydrogens (tertiary/aromatic N) is 3. The monoisotopic (exact) mass is 479 g/mol. The van der Waals surface area contributed by atoms with Gasteiger partial charge in [-0.2, -0.15) is 14.1 Å². The van der Waals surface area contributed by atoms with Crippen molar-refractivity contribution in [1.29, 1.82) is 0 Å². The van der Waals surface area contributed by atoms with Gasteiger partial charge in [0.15, 0.2) is 0 Å². The average Bonchev–Trinajstić information content (AvgIpc) is 3.46. The topological polar surface area (TPSA) is 98.5 Å². The van der Waals surface area contributed by atoms with E-state index in [2.05, 4.69) is 5.10 Å². The lowest BCUT2D eigenvalue weighted by molar-refractivity contribution is 0.330. The molecule has 0 spiro atoms. The first-order valence-electron chi connectivity index (χ1n) is 8.95. The lowest BCUT2D eigenvalue weighted by Gasteiger charge is -2.20. The Morgan fingerprint density at radius 3 is 2.03 bits per heavy atom. The van der Waals surface area contributed by atoms with Crippen molar-refractivity contribution in [2.75, 3.05) is 0 Å². The zero-order valence-electron chi connectivity index (χ0n) is 15.8. The third kappa shape index (κ3) is 4.45. The Morgan fingerprint density at radius 1 is 0.935 bits per heavy atom. The molecule has 0 aliphatic carbocycles. The van der Waals surface area contributed by atoms with Gasteiger partial charge in [0.25, 0.3) is 5.56 Å². The minimum absolute atomic E-state index is 0.0194. The van der Waals surface area contributed by atoms with Gasteiger partial charge in [-0.25, -0.2) is 8.42 Å². The summed E-state index contributed by atoms with van der Waals surface area (Å²) in [5.74, 6) is 0.969. The molecule has 0 saturated carbocycles. The standard InChI is InChI=1S/C20H15Cl2N3O5S/c21-18-11-23-25(20(26)19(18)22)14-5-7-17(8-6-14)31(27,28)24(12-15-3-1-9-29-15)13-16-4-2-10-30-16/h1-11H,12-13H2. The van der Waals surface area contributed by atoms with Crippen LogP contribution in [0.4, 0.5) is 0 Å². The fourth-order valence-electron chi connectivity index (χ4n) is 2.88. The molecule has 3 heterocycles. The fourth-order valence-corrected chi connectivity index (χ4v) is 4.51. The van der Waals surface area contributed by atoms with E-state index >= 15 is 0 Å². The molecule has 0 unspecified atom stereocenters. The number of halogens is 2. The summed E-state index contributed by atoms with van der Waals surface area (Å²) < 4.78 is 39.5. The summed E-state index contributed by atoms with van der Waals surface area (Å²) in [4.78, 5) is 12.3. The van der Waals surface area contributed by atoms with E-state index in [1.807, 2.05) is 0 Å². The Hall–Kier alpha value is -2.85. The number of aromatic nitrogens is 2. The molecular formula is C20H15Cl2N3O5S. The Bertz CT molecular complexity index is 1300. The lowest BCUT2D eigenvalue weighted by atomic mass is 10.3. The SMILES string of the molecule is O=c1c(Cl)c(Cl)cnn1-c1ccc(S(=O)(=O)N(Cc2ccco2)Cc2ccco2)cc1. The largest absolute Gasteiger partial charge is 0.468 e. The highest BCUT2D eigenvalue weighted by Gasteiger charge is 2.27. The minimum atomic E-state index is -3.92. The first kappa shape index (κ1) is 21.4. The Kier molecular flexibility index (Phi) is 6.01. The Balaban J connectivity index is 1.67. The molecule has 0 atom stereocenters. The molecule has 1 aromatic carbocycles. The van der Waals surface area contributed by atoms with Crippen molar-refractivity contribution in [3.8, 4) is 5.69 Å². The van der Waals surface area contributed by atoms with E-state index in [1.54, 1.807) is 24.3 Å². The maximum Gasteiger partial charge on any atom is 0.291 e. The van der Waals surface area contributed by atoms with E-state index < -0.39 is 15.6 Å². The maximum absolute atomic E-state index is 13.3. The van der Waals surface area contributed by atoms with Gasteiger partial charge in [0.05, 0.1) is 47.4 Å². The van der Waals surface area contributed by atoms with Crippen LogP contribution in [0.5, 0.6) is 0 Å². The lowest BCUT2D eigenvalue weighted by Crippen LogP contribution is -2.30. The molecule has 160 valence electrons. The Labute approximate surface area is 187 Å².